The van der Waals surface area contributed by atoms with Gasteiger partial charge in [0.1, 0.15) is 0 Å². The molecule has 1 aromatic heterocycles. The summed E-state index contributed by atoms with van der Waals surface area (Å²) < 4.78 is 0. The minimum atomic E-state index is -0.465. The number of aromatic nitrogens is 1. The maximum absolute atomic E-state index is 11.7. The van der Waals surface area contributed by atoms with Crippen molar-refractivity contribution in [3.05, 3.63) is 58.3 Å². The first-order valence-electron chi connectivity index (χ1n) is 8.06. The number of nitro groups is 1. The van der Waals surface area contributed by atoms with Gasteiger partial charge in [-0.05, 0) is 43.5 Å². The zero-order valence-corrected chi connectivity index (χ0v) is 13.7. The lowest BCUT2D eigenvalue weighted by Crippen LogP contribution is -2.30. The van der Waals surface area contributed by atoms with Crippen molar-refractivity contribution < 1.29 is 9.72 Å². The lowest BCUT2D eigenvalue weighted by Gasteiger charge is -2.15. The van der Waals surface area contributed by atoms with Gasteiger partial charge in [-0.15, -0.1) is 0 Å². The number of nitrogens with zero attached hydrogens (tertiary/aromatic N) is 2. The van der Waals surface area contributed by atoms with E-state index in [4.69, 9.17) is 0 Å². The van der Waals surface area contributed by atoms with E-state index in [1.807, 2.05) is 19.1 Å². The fourth-order valence-electron chi connectivity index (χ4n) is 2.38. The van der Waals surface area contributed by atoms with Crippen LogP contribution in [0.3, 0.4) is 0 Å². The normalized spacial score (nSPS) is 14.4. The Hall–Kier alpha value is -3.16. The molecule has 1 atom stereocenters. The molecular weight excluding hydrogens is 322 g/mol. The zero-order chi connectivity index (χ0) is 17.8. The molecular formula is C17H19N5O3. The molecule has 0 bridgehead atoms. The Morgan fingerprint density at radius 1 is 1.28 bits per heavy atom. The number of hydrogen-bond acceptors (Lipinski definition) is 5. The molecule has 0 aliphatic heterocycles. The number of urea groups is 1. The molecule has 1 aliphatic carbocycles. The number of carbonyl (C=O) groups excluding carboxylic acids is 1. The number of anilines is 2. The number of pyridine rings is 1. The van der Waals surface area contributed by atoms with Crippen molar-refractivity contribution in [2.45, 2.75) is 31.8 Å². The lowest BCUT2D eigenvalue weighted by atomic mass is 10.1. The molecule has 1 heterocycles. The maximum Gasteiger partial charge on any atom is 0.319 e. The quantitative estimate of drug-likeness (QED) is 0.551. The van der Waals surface area contributed by atoms with E-state index in [2.05, 4.69) is 20.9 Å². The maximum atomic E-state index is 11.7. The number of nitrogens with one attached hydrogen (secondary N) is 3. The highest BCUT2D eigenvalue weighted by atomic mass is 16.6. The van der Waals surface area contributed by atoms with Crippen LogP contribution in [0, 0.1) is 10.1 Å². The molecule has 8 heteroatoms. The smallest absolute Gasteiger partial charge is 0.319 e. The molecule has 0 saturated heterocycles. The number of carbonyl (C=O) groups is 1. The molecule has 1 aromatic carbocycles. The van der Waals surface area contributed by atoms with Crippen molar-refractivity contribution in [3.8, 4) is 0 Å². The summed E-state index contributed by atoms with van der Waals surface area (Å²) >= 11 is 0. The topological polar surface area (TPSA) is 109 Å². The summed E-state index contributed by atoms with van der Waals surface area (Å²) in [6.45, 7) is 1.89. The van der Waals surface area contributed by atoms with Gasteiger partial charge in [-0.1, -0.05) is 12.1 Å². The predicted molar refractivity (Wildman–Crippen MR) is 94.5 cm³/mol. The van der Waals surface area contributed by atoms with Gasteiger partial charge in [0, 0.05) is 24.0 Å². The highest BCUT2D eigenvalue weighted by Crippen LogP contribution is 2.26. The Kier molecular flexibility index (Phi) is 4.78. The third kappa shape index (κ3) is 4.43. The minimum absolute atomic E-state index is 0.0654. The molecule has 1 fully saturated rings. The van der Waals surface area contributed by atoms with E-state index in [1.54, 1.807) is 12.1 Å². The Balaban J connectivity index is 1.63. The molecule has 3 N–H and O–H groups in total. The molecule has 2 aromatic rings. The monoisotopic (exact) mass is 341 g/mol. The van der Waals surface area contributed by atoms with Crippen molar-refractivity contribution in [1.82, 2.24) is 10.3 Å². The van der Waals surface area contributed by atoms with Crippen LogP contribution in [0.5, 0.6) is 0 Å². The average molecular weight is 341 g/mol. The number of amides is 2. The minimum Gasteiger partial charge on any atom is -0.358 e. The molecule has 8 nitrogen and oxygen atoms in total. The molecule has 0 unspecified atom stereocenters. The summed E-state index contributed by atoms with van der Waals surface area (Å²) in [5, 5.41) is 19.7. The Labute approximate surface area is 144 Å². The highest BCUT2D eigenvalue weighted by molar-refractivity contribution is 5.89. The number of benzene rings is 1. The van der Waals surface area contributed by atoms with Crippen LogP contribution in [-0.4, -0.2) is 22.0 Å². The highest BCUT2D eigenvalue weighted by Gasteiger charge is 2.23. The fraction of sp³-hybridized carbons (Fsp3) is 0.294. The van der Waals surface area contributed by atoms with Gasteiger partial charge in [0.15, 0.2) is 0 Å². The van der Waals surface area contributed by atoms with E-state index in [9.17, 15) is 14.9 Å². The van der Waals surface area contributed by atoms with Crippen molar-refractivity contribution >= 4 is 23.2 Å². The van der Waals surface area contributed by atoms with Gasteiger partial charge in [0.2, 0.25) is 5.82 Å². The van der Waals surface area contributed by atoms with E-state index >= 15 is 0 Å². The van der Waals surface area contributed by atoms with Crippen LogP contribution >= 0.6 is 0 Å². The molecule has 1 saturated carbocycles. The first-order chi connectivity index (χ1) is 12.0. The SMILES string of the molecule is C[C@H](Nc1ncccc1[N+](=O)[O-])c1ccc(NC(=O)NC2CC2)cc1. The van der Waals surface area contributed by atoms with Crippen molar-refractivity contribution in [3.63, 3.8) is 0 Å². The van der Waals surface area contributed by atoms with E-state index < -0.39 is 4.92 Å². The molecule has 2 amide bonds. The van der Waals surface area contributed by atoms with Crippen LogP contribution in [0.4, 0.5) is 22.0 Å². The van der Waals surface area contributed by atoms with Crippen LogP contribution in [0.25, 0.3) is 0 Å². The number of rotatable bonds is 6. The second-order valence-corrected chi connectivity index (χ2v) is 5.99. The number of hydrogen-bond donors (Lipinski definition) is 3. The van der Waals surface area contributed by atoms with Crippen LogP contribution in [0.2, 0.25) is 0 Å². The van der Waals surface area contributed by atoms with Gasteiger partial charge in [-0.25, -0.2) is 9.78 Å². The summed E-state index contributed by atoms with van der Waals surface area (Å²) in [6.07, 6.45) is 3.58. The van der Waals surface area contributed by atoms with E-state index in [0.717, 1.165) is 18.4 Å². The Bertz CT molecular complexity index is 774. The summed E-state index contributed by atoms with van der Waals surface area (Å²) in [5.41, 5.74) is 1.55. The summed E-state index contributed by atoms with van der Waals surface area (Å²) in [7, 11) is 0. The standard InChI is InChI=1S/C17H19N5O3/c1-11(19-16-15(22(24)25)3-2-10-18-16)12-4-6-13(7-5-12)20-17(23)21-14-8-9-14/h2-7,10-11,14H,8-9H2,1H3,(H,18,19)(H2,20,21,23)/t11-/m0/s1. The lowest BCUT2D eigenvalue weighted by molar-refractivity contribution is -0.384. The van der Waals surface area contributed by atoms with E-state index in [0.29, 0.717) is 11.7 Å². The van der Waals surface area contributed by atoms with E-state index in [1.165, 1.54) is 18.3 Å². The molecule has 3 rings (SSSR count). The molecule has 0 radical (unpaired) electrons. The van der Waals surface area contributed by atoms with Gasteiger partial charge in [0.25, 0.3) is 0 Å². The van der Waals surface area contributed by atoms with Gasteiger partial charge < -0.3 is 16.0 Å². The first kappa shape index (κ1) is 16.7. The molecule has 0 spiro atoms. The van der Waals surface area contributed by atoms with Crippen molar-refractivity contribution in [2.24, 2.45) is 0 Å². The third-order valence-electron chi connectivity index (χ3n) is 3.92. The van der Waals surface area contributed by atoms with Crippen molar-refractivity contribution in [1.29, 1.82) is 0 Å². The Morgan fingerprint density at radius 2 is 2.00 bits per heavy atom. The fourth-order valence-corrected chi connectivity index (χ4v) is 2.38. The van der Waals surface area contributed by atoms with Crippen LogP contribution < -0.4 is 16.0 Å². The molecule has 1 aliphatic rings. The van der Waals surface area contributed by atoms with Crippen LogP contribution in [0.15, 0.2) is 42.6 Å². The molecule has 130 valence electrons. The van der Waals surface area contributed by atoms with Gasteiger partial charge in [0.05, 0.1) is 11.0 Å². The largest absolute Gasteiger partial charge is 0.358 e. The second-order valence-electron chi connectivity index (χ2n) is 5.99. The second kappa shape index (κ2) is 7.16. The summed E-state index contributed by atoms with van der Waals surface area (Å²) in [5.74, 6) is 0.228. The van der Waals surface area contributed by atoms with Crippen molar-refractivity contribution in [2.75, 3.05) is 10.6 Å². The summed E-state index contributed by atoms with van der Waals surface area (Å²) in [4.78, 5) is 26.3. The van der Waals surface area contributed by atoms with Crippen LogP contribution in [-0.2, 0) is 0 Å². The predicted octanol–water partition coefficient (Wildman–Crippen LogP) is 3.45. The first-order valence-corrected chi connectivity index (χ1v) is 8.06. The summed E-state index contributed by atoms with van der Waals surface area (Å²) in [6, 6.07) is 10.2. The van der Waals surface area contributed by atoms with Crippen LogP contribution in [0.1, 0.15) is 31.4 Å². The van der Waals surface area contributed by atoms with Gasteiger partial charge in [-0.3, -0.25) is 10.1 Å². The zero-order valence-electron chi connectivity index (χ0n) is 13.7. The Morgan fingerprint density at radius 3 is 2.64 bits per heavy atom. The molecule has 25 heavy (non-hydrogen) atoms. The van der Waals surface area contributed by atoms with Gasteiger partial charge >= 0.3 is 11.7 Å². The van der Waals surface area contributed by atoms with Gasteiger partial charge in [-0.2, -0.15) is 0 Å². The average Bonchev–Trinajstić information content (AvgIpc) is 3.39. The third-order valence-corrected chi connectivity index (χ3v) is 3.92. The van der Waals surface area contributed by atoms with E-state index in [-0.39, 0.29) is 23.6 Å².